The maximum Gasteiger partial charge on any atom is 0.0541 e. The van der Waals surface area contributed by atoms with Gasteiger partial charge in [-0.05, 0) is 51.2 Å². The number of hydrogen-bond donors (Lipinski definition) is 2. The van der Waals surface area contributed by atoms with E-state index in [1.165, 1.54) is 38.5 Å². The first-order valence-electron chi connectivity index (χ1n) is 6.75. The lowest BCUT2D eigenvalue weighted by Gasteiger charge is -2.34. The summed E-state index contributed by atoms with van der Waals surface area (Å²) in [5.74, 6) is 0. The van der Waals surface area contributed by atoms with Gasteiger partial charge in [0.05, 0.1) is 6.10 Å². The maximum atomic E-state index is 9.48. The fourth-order valence-corrected chi connectivity index (χ4v) is 3.91. The van der Waals surface area contributed by atoms with Crippen molar-refractivity contribution in [2.75, 3.05) is 6.26 Å². The molecule has 2 aliphatic carbocycles. The molecule has 2 N–H and O–H groups in total. The molecular weight excluding hydrogens is 218 g/mol. The molecule has 3 heteroatoms. The average Bonchev–Trinajstić information content (AvgIpc) is 2.32. The average molecular weight is 243 g/mol. The van der Waals surface area contributed by atoms with E-state index in [4.69, 9.17) is 0 Å². The van der Waals surface area contributed by atoms with E-state index in [0.29, 0.717) is 6.04 Å². The van der Waals surface area contributed by atoms with Crippen LogP contribution in [0.1, 0.15) is 51.4 Å². The van der Waals surface area contributed by atoms with Crippen LogP contribution in [0, 0.1) is 0 Å². The van der Waals surface area contributed by atoms with Gasteiger partial charge < -0.3 is 10.4 Å². The van der Waals surface area contributed by atoms with Crippen molar-refractivity contribution in [2.24, 2.45) is 0 Å². The predicted molar refractivity (Wildman–Crippen MR) is 71.0 cm³/mol. The Labute approximate surface area is 104 Å². The lowest BCUT2D eigenvalue weighted by atomic mass is 9.89. The fourth-order valence-electron chi connectivity index (χ4n) is 3.09. The topological polar surface area (TPSA) is 32.3 Å². The van der Waals surface area contributed by atoms with Crippen molar-refractivity contribution in [1.82, 2.24) is 5.32 Å². The van der Waals surface area contributed by atoms with Gasteiger partial charge in [-0.1, -0.05) is 6.42 Å². The van der Waals surface area contributed by atoms with E-state index in [1.54, 1.807) is 0 Å². The third-order valence-corrected chi connectivity index (χ3v) is 5.22. The Kier molecular flexibility index (Phi) is 4.98. The van der Waals surface area contributed by atoms with Crippen molar-refractivity contribution < 1.29 is 5.11 Å². The van der Waals surface area contributed by atoms with Gasteiger partial charge in [-0.25, -0.2) is 0 Å². The first-order chi connectivity index (χ1) is 7.78. The SMILES string of the molecule is CSC1CCCC(NC2CCC(O)CC2)C1. The molecule has 2 unspecified atom stereocenters. The Morgan fingerprint density at radius 3 is 2.44 bits per heavy atom. The molecule has 2 fully saturated rings. The summed E-state index contributed by atoms with van der Waals surface area (Å²) in [6.45, 7) is 0. The minimum absolute atomic E-state index is 0.0247. The van der Waals surface area contributed by atoms with Crippen LogP contribution in [0.4, 0.5) is 0 Å². The fraction of sp³-hybridized carbons (Fsp3) is 1.00. The first-order valence-corrected chi connectivity index (χ1v) is 8.03. The van der Waals surface area contributed by atoms with Gasteiger partial charge in [0.15, 0.2) is 0 Å². The molecular formula is C13H25NOS. The molecule has 94 valence electrons. The third-order valence-electron chi connectivity index (χ3n) is 4.13. The summed E-state index contributed by atoms with van der Waals surface area (Å²) in [5.41, 5.74) is 0. The molecule has 0 heterocycles. The van der Waals surface area contributed by atoms with Crippen LogP contribution >= 0.6 is 11.8 Å². The summed E-state index contributed by atoms with van der Waals surface area (Å²) >= 11 is 2.03. The highest BCUT2D eigenvalue weighted by Gasteiger charge is 2.25. The van der Waals surface area contributed by atoms with Gasteiger partial charge in [-0.15, -0.1) is 0 Å². The van der Waals surface area contributed by atoms with Gasteiger partial charge in [0.1, 0.15) is 0 Å². The molecule has 2 atom stereocenters. The molecule has 0 bridgehead atoms. The van der Waals surface area contributed by atoms with Gasteiger partial charge >= 0.3 is 0 Å². The number of aliphatic hydroxyl groups excluding tert-OH is 1. The van der Waals surface area contributed by atoms with Crippen molar-refractivity contribution in [3.8, 4) is 0 Å². The summed E-state index contributed by atoms with van der Waals surface area (Å²) in [7, 11) is 0. The number of aliphatic hydroxyl groups is 1. The van der Waals surface area contributed by atoms with Crippen LogP contribution in [0.25, 0.3) is 0 Å². The van der Waals surface area contributed by atoms with Crippen LogP contribution in [-0.2, 0) is 0 Å². The Morgan fingerprint density at radius 1 is 1.00 bits per heavy atom. The van der Waals surface area contributed by atoms with Crippen molar-refractivity contribution in [3.63, 3.8) is 0 Å². The van der Waals surface area contributed by atoms with Crippen molar-refractivity contribution >= 4 is 11.8 Å². The van der Waals surface area contributed by atoms with Crippen LogP contribution < -0.4 is 5.32 Å². The molecule has 2 nitrogen and oxygen atoms in total. The molecule has 2 rings (SSSR count). The van der Waals surface area contributed by atoms with Gasteiger partial charge in [-0.2, -0.15) is 11.8 Å². The normalized spacial score (nSPS) is 40.9. The van der Waals surface area contributed by atoms with E-state index < -0.39 is 0 Å². The van der Waals surface area contributed by atoms with E-state index in [0.717, 1.165) is 24.1 Å². The summed E-state index contributed by atoms with van der Waals surface area (Å²) in [6.07, 6.45) is 12.0. The predicted octanol–water partition coefficient (Wildman–Crippen LogP) is 2.55. The van der Waals surface area contributed by atoms with Crippen molar-refractivity contribution in [2.45, 2.75) is 74.8 Å². The zero-order valence-electron chi connectivity index (χ0n) is 10.3. The largest absolute Gasteiger partial charge is 0.393 e. The molecule has 2 saturated carbocycles. The van der Waals surface area contributed by atoms with E-state index in [2.05, 4.69) is 11.6 Å². The number of thioether (sulfide) groups is 1. The van der Waals surface area contributed by atoms with E-state index in [-0.39, 0.29) is 6.10 Å². The molecule has 0 amide bonds. The second-order valence-electron chi connectivity index (χ2n) is 5.39. The molecule has 0 spiro atoms. The molecule has 16 heavy (non-hydrogen) atoms. The van der Waals surface area contributed by atoms with Gasteiger partial charge in [-0.3, -0.25) is 0 Å². The van der Waals surface area contributed by atoms with Crippen LogP contribution in [-0.4, -0.2) is 34.8 Å². The third kappa shape index (κ3) is 3.64. The number of hydrogen-bond acceptors (Lipinski definition) is 3. The van der Waals surface area contributed by atoms with E-state index >= 15 is 0 Å². The quantitative estimate of drug-likeness (QED) is 0.799. The Hall–Kier alpha value is 0.270. The van der Waals surface area contributed by atoms with Crippen LogP contribution in [0.5, 0.6) is 0 Å². The van der Waals surface area contributed by atoms with Crippen molar-refractivity contribution in [1.29, 1.82) is 0 Å². The monoisotopic (exact) mass is 243 g/mol. The highest BCUT2D eigenvalue weighted by Crippen LogP contribution is 2.28. The highest BCUT2D eigenvalue weighted by atomic mass is 32.2. The summed E-state index contributed by atoms with van der Waals surface area (Å²) in [5, 5.41) is 14.2. The molecule has 2 aliphatic rings. The lowest BCUT2D eigenvalue weighted by molar-refractivity contribution is 0.112. The van der Waals surface area contributed by atoms with Gasteiger partial charge in [0.2, 0.25) is 0 Å². The number of rotatable bonds is 3. The molecule has 0 aromatic heterocycles. The Bertz CT molecular complexity index is 204. The van der Waals surface area contributed by atoms with Crippen molar-refractivity contribution in [3.05, 3.63) is 0 Å². The highest BCUT2D eigenvalue weighted by molar-refractivity contribution is 7.99. The zero-order valence-corrected chi connectivity index (χ0v) is 11.1. The molecule has 0 saturated heterocycles. The molecule has 0 aromatic carbocycles. The van der Waals surface area contributed by atoms with E-state index in [1.807, 2.05) is 11.8 Å². The smallest absolute Gasteiger partial charge is 0.0541 e. The second-order valence-corrected chi connectivity index (χ2v) is 6.53. The standard InChI is InChI=1S/C13H25NOS/c1-16-13-4-2-3-11(9-13)14-10-5-7-12(15)8-6-10/h10-15H,2-9H2,1H3. The number of nitrogens with one attached hydrogen (secondary N) is 1. The van der Waals surface area contributed by atoms with Crippen LogP contribution in [0.2, 0.25) is 0 Å². The second kappa shape index (κ2) is 6.27. The van der Waals surface area contributed by atoms with E-state index in [9.17, 15) is 5.11 Å². The maximum absolute atomic E-state index is 9.48. The minimum Gasteiger partial charge on any atom is -0.393 e. The van der Waals surface area contributed by atoms with Crippen LogP contribution in [0.3, 0.4) is 0 Å². The molecule has 0 radical (unpaired) electrons. The summed E-state index contributed by atoms with van der Waals surface area (Å²) in [6, 6.07) is 1.42. The summed E-state index contributed by atoms with van der Waals surface area (Å²) < 4.78 is 0. The Balaban J connectivity index is 1.72. The molecule has 0 aliphatic heterocycles. The minimum atomic E-state index is -0.0247. The lowest BCUT2D eigenvalue weighted by Crippen LogP contribution is -2.43. The van der Waals surface area contributed by atoms with Gasteiger partial charge in [0, 0.05) is 17.3 Å². The Morgan fingerprint density at radius 2 is 1.75 bits per heavy atom. The van der Waals surface area contributed by atoms with Crippen LogP contribution in [0.15, 0.2) is 0 Å². The zero-order chi connectivity index (χ0) is 11.4. The van der Waals surface area contributed by atoms with Gasteiger partial charge in [0.25, 0.3) is 0 Å². The molecule has 0 aromatic rings. The summed E-state index contributed by atoms with van der Waals surface area (Å²) in [4.78, 5) is 0. The first kappa shape index (κ1) is 12.7.